The van der Waals surface area contributed by atoms with Crippen LogP contribution in [0.15, 0.2) is 16.8 Å². The second-order valence-corrected chi connectivity index (χ2v) is 4.45. The van der Waals surface area contributed by atoms with E-state index in [1.807, 2.05) is 16.8 Å². The lowest BCUT2D eigenvalue weighted by Gasteiger charge is -2.11. The molecule has 0 fully saturated rings. The maximum atomic E-state index is 9.95. The molecule has 8 heteroatoms. The molecule has 3 N–H and O–H groups in total. The van der Waals surface area contributed by atoms with Gasteiger partial charge in [0.1, 0.15) is 0 Å². The predicted molar refractivity (Wildman–Crippen MR) is 73.7 cm³/mol. The van der Waals surface area contributed by atoms with Crippen molar-refractivity contribution in [3.8, 4) is 6.01 Å². The minimum absolute atomic E-state index is 0.215. The second kappa shape index (κ2) is 6.30. The molecule has 0 saturated carbocycles. The number of hydrogen-bond acceptors (Lipinski definition) is 8. The molecule has 2 aromatic rings. The number of rotatable bonds is 6. The minimum Gasteiger partial charge on any atom is -0.467 e. The molecule has 0 bridgehead atoms. The first-order valence-corrected chi connectivity index (χ1v) is 6.59. The summed E-state index contributed by atoms with van der Waals surface area (Å²) < 4.78 is 4.97. The van der Waals surface area contributed by atoms with Crippen molar-refractivity contribution >= 4 is 23.2 Å². The predicted octanol–water partition coefficient (Wildman–Crippen LogP) is 1.13. The van der Waals surface area contributed by atoms with E-state index in [1.54, 1.807) is 18.4 Å². The minimum atomic E-state index is -0.605. The Labute approximate surface area is 114 Å². The molecule has 0 radical (unpaired) electrons. The molecule has 0 aromatic carbocycles. The monoisotopic (exact) mass is 281 g/mol. The third-order valence-corrected chi connectivity index (χ3v) is 3.10. The van der Waals surface area contributed by atoms with Gasteiger partial charge in [-0.1, -0.05) is 0 Å². The lowest BCUT2D eigenvalue weighted by atomic mass is 10.2. The summed E-state index contributed by atoms with van der Waals surface area (Å²) in [7, 11) is 3.19. The normalized spacial score (nSPS) is 11.9. The molecule has 0 aliphatic carbocycles. The first kappa shape index (κ1) is 13.5. The molecule has 1 unspecified atom stereocenters. The van der Waals surface area contributed by atoms with Crippen LogP contribution in [0, 0.1) is 0 Å². The van der Waals surface area contributed by atoms with Crippen molar-refractivity contribution in [2.45, 2.75) is 6.10 Å². The van der Waals surface area contributed by atoms with Gasteiger partial charge in [0.2, 0.25) is 11.9 Å². The molecule has 2 rings (SSSR count). The number of aliphatic hydroxyl groups is 1. The van der Waals surface area contributed by atoms with Crippen molar-refractivity contribution < 1.29 is 9.84 Å². The average Bonchev–Trinajstić information content (AvgIpc) is 2.98. The molecule has 102 valence electrons. The largest absolute Gasteiger partial charge is 0.467 e. The van der Waals surface area contributed by atoms with E-state index in [-0.39, 0.29) is 6.01 Å². The van der Waals surface area contributed by atoms with Crippen LogP contribution in [0.2, 0.25) is 0 Å². The smallest absolute Gasteiger partial charge is 0.322 e. The summed E-state index contributed by atoms with van der Waals surface area (Å²) in [5.41, 5.74) is 0.868. The Morgan fingerprint density at radius 2 is 2.16 bits per heavy atom. The maximum Gasteiger partial charge on any atom is 0.322 e. The van der Waals surface area contributed by atoms with Crippen molar-refractivity contribution in [2.24, 2.45) is 0 Å². The molecule has 0 aliphatic heterocycles. The van der Waals surface area contributed by atoms with Gasteiger partial charge in [0.15, 0.2) is 0 Å². The maximum absolute atomic E-state index is 9.95. The highest BCUT2D eigenvalue weighted by Gasteiger charge is 2.10. The zero-order chi connectivity index (χ0) is 13.7. The zero-order valence-electron chi connectivity index (χ0n) is 10.6. The van der Waals surface area contributed by atoms with E-state index in [2.05, 4.69) is 25.6 Å². The van der Waals surface area contributed by atoms with E-state index in [9.17, 15) is 5.11 Å². The summed E-state index contributed by atoms with van der Waals surface area (Å²) in [6.07, 6.45) is -0.605. The van der Waals surface area contributed by atoms with Crippen molar-refractivity contribution in [1.29, 1.82) is 0 Å². The molecule has 1 atom stereocenters. The Morgan fingerprint density at radius 3 is 2.79 bits per heavy atom. The lowest BCUT2D eigenvalue weighted by molar-refractivity contribution is 0.192. The number of nitrogens with one attached hydrogen (secondary N) is 2. The van der Waals surface area contributed by atoms with Crippen LogP contribution in [0.4, 0.5) is 11.9 Å². The number of methoxy groups -OCH3 is 1. The summed E-state index contributed by atoms with van der Waals surface area (Å²) in [5.74, 6) is 0.754. The van der Waals surface area contributed by atoms with Gasteiger partial charge in [0.25, 0.3) is 0 Å². The van der Waals surface area contributed by atoms with E-state index >= 15 is 0 Å². The molecule has 0 aliphatic rings. The Balaban J connectivity index is 2.02. The van der Waals surface area contributed by atoms with Gasteiger partial charge in [0, 0.05) is 13.6 Å². The highest BCUT2D eigenvalue weighted by atomic mass is 32.1. The number of hydrogen-bond donors (Lipinski definition) is 3. The Morgan fingerprint density at radius 1 is 1.37 bits per heavy atom. The van der Waals surface area contributed by atoms with Crippen LogP contribution in [-0.4, -0.2) is 40.8 Å². The molecule has 2 aromatic heterocycles. The Bertz CT molecular complexity index is 498. The van der Waals surface area contributed by atoms with E-state index in [0.717, 1.165) is 5.56 Å². The van der Waals surface area contributed by atoms with E-state index in [4.69, 9.17) is 4.74 Å². The molecular weight excluding hydrogens is 266 g/mol. The molecule has 7 nitrogen and oxygen atoms in total. The highest BCUT2D eigenvalue weighted by Crippen LogP contribution is 2.17. The SMILES string of the molecule is CNc1nc(NCC(O)c2ccsc2)nc(OC)n1. The van der Waals surface area contributed by atoms with Crippen molar-refractivity contribution in [2.75, 3.05) is 31.3 Å². The summed E-state index contributed by atoms with van der Waals surface area (Å²) in [5, 5.41) is 19.5. The van der Waals surface area contributed by atoms with E-state index in [1.165, 1.54) is 7.11 Å². The molecule has 19 heavy (non-hydrogen) atoms. The van der Waals surface area contributed by atoms with Gasteiger partial charge < -0.3 is 20.5 Å². The fourth-order valence-corrected chi connectivity index (χ4v) is 2.12. The molecule has 0 spiro atoms. The van der Waals surface area contributed by atoms with Crippen LogP contribution in [-0.2, 0) is 0 Å². The fourth-order valence-electron chi connectivity index (χ4n) is 1.41. The van der Waals surface area contributed by atoms with Gasteiger partial charge in [0.05, 0.1) is 13.2 Å². The zero-order valence-corrected chi connectivity index (χ0v) is 11.4. The second-order valence-electron chi connectivity index (χ2n) is 3.67. The van der Waals surface area contributed by atoms with E-state index < -0.39 is 6.10 Å². The quantitative estimate of drug-likeness (QED) is 0.731. The van der Waals surface area contributed by atoms with Crippen molar-refractivity contribution in [3.63, 3.8) is 0 Å². The first-order valence-electron chi connectivity index (χ1n) is 5.64. The number of aliphatic hydroxyl groups excluding tert-OH is 1. The summed E-state index contributed by atoms with van der Waals surface area (Å²) in [6.45, 7) is 0.313. The van der Waals surface area contributed by atoms with Gasteiger partial charge in [-0.25, -0.2) is 0 Å². The van der Waals surface area contributed by atoms with Crippen LogP contribution in [0.3, 0.4) is 0 Å². The highest BCUT2D eigenvalue weighted by molar-refractivity contribution is 7.07. The number of ether oxygens (including phenoxy) is 1. The van der Waals surface area contributed by atoms with Gasteiger partial charge in [-0.3, -0.25) is 0 Å². The van der Waals surface area contributed by atoms with E-state index in [0.29, 0.717) is 18.4 Å². The standard InChI is InChI=1S/C11H15N5O2S/c1-12-9-14-10(16-11(15-9)18-2)13-5-8(17)7-3-4-19-6-7/h3-4,6,8,17H,5H2,1-2H3,(H2,12,13,14,15,16). The van der Waals surface area contributed by atoms with Gasteiger partial charge >= 0.3 is 6.01 Å². The van der Waals surface area contributed by atoms with Gasteiger partial charge in [-0.05, 0) is 22.4 Å². The molecule has 0 saturated heterocycles. The topological polar surface area (TPSA) is 92.2 Å². The first-order chi connectivity index (χ1) is 9.22. The van der Waals surface area contributed by atoms with Crippen LogP contribution in [0.25, 0.3) is 0 Å². The van der Waals surface area contributed by atoms with Crippen molar-refractivity contribution in [3.05, 3.63) is 22.4 Å². The van der Waals surface area contributed by atoms with Gasteiger partial charge in [-0.15, -0.1) is 0 Å². The fraction of sp³-hybridized carbons (Fsp3) is 0.364. The number of anilines is 2. The number of aromatic nitrogens is 3. The Hall–Kier alpha value is -1.93. The summed E-state index contributed by atoms with van der Waals surface area (Å²) >= 11 is 1.54. The Kier molecular flexibility index (Phi) is 4.48. The average molecular weight is 281 g/mol. The molecular formula is C11H15N5O2S. The number of thiophene rings is 1. The lowest BCUT2D eigenvalue weighted by Crippen LogP contribution is -2.14. The third-order valence-electron chi connectivity index (χ3n) is 2.40. The summed E-state index contributed by atoms with van der Waals surface area (Å²) in [4.78, 5) is 12.2. The molecule has 2 heterocycles. The third kappa shape index (κ3) is 3.52. The molecule has 0 amide bonds. The van der Waals surface area contributed by atoms with Gasteiger partial charge in [-0.2, -0.15) is 26.3 Å². The van der Waals surface area contributed by atoms with Crippen molar-refractivity contribution in [1.82, 2.24) is 15.0 Å². The van der Waals surface area contributed by atoms with Crippen LogP contribution in [0.1, 0.15) is 11.7 Å². The summed E-state index contributed by atoms with van der Waals surface area (Å²) in [6, 6.07) is 2.09. The van der Waals surface area contributed by atoms with Crippen LogP contribution >= 0.6 is 11.3 Å². The number of nitrogens with zero attached hydrogens (tertiary/aromatic N) is 3. The van der Waals surface area contributed by atoms with Crippen LogP contribution in [0.5, 0.6) is 6.01 Å². The van der Waals surface area contributed by atoms with Crippen LogP contribution < -0.4 is 15.4 Å².